The van der Waals surface area contributed by atoms with Crippen LogP contribution in [0.15, 0.2) is 279 Å². The Bertz CT molecular complexity index is 4570. The molecule has 0 bridgehead atoms. The second-order valence-corrected chi connectivity index (χ2v) is 24.8. The molecule has 0 atom stereocenters. The normalized spacial score (nSPS) is 12.2. The summed E-state index contributed by atoms with van der Waals surface area (Å²) in [6.07, 6.45) is 0. The Labute approximate surface area is 492 Å². The van der Waals surface area contributed by atoms with E-state index < -0.39 is 0 Å². The molecule has 13 aromatic carbocycles. The van der Waals surface area contributed by atoms with Gasteiger partial charge >= 0.3 is 0 Å². The monoisotopic (exact) mass is 1080 g/mol. The lowest BCUT2D eigenvalue weighted by atomic mass is 9.79. The molecule has 0 unspecified atom stereocenters. The molecule has 0 fully saturated rings. The van der Waals surface area contributed by atoms with Crippen LogP contribution in [0.25, 0.3) is 143 Å². The minimum absolute atomic E-state index is 0.0116. The molecule has 2 nitrogen and oxygen atoms in total. The molecule has 2 heterocycles. The van der Waals surface area contributed by atoms with Gasteiger partial charge in [-0.1, -0.05) is 272 Å². The summed E-state index contributed by atoms with van der Waals surface area (Å²) in [4.78, 5) is 0. The van der Waals surface area contributed by atoms with Crippen molar-refractivity contribution in [2.24, 2.45) is 0 Å². The van der Waals surface area contributed by atoms with E-state index in [1.54, 1.807) is 0 Å². The van der Waals surface area contributed by atoms with E-state index in [1.165, 1.54) is 143 Å². The summed E-state index contributed by atoms with van der Waals surface area (Å²) in [6, 6.07) is 104. The molecule has 0 aliphatic heterocycles. The maximum absolute atomic E-state index is 2.39. The zero-order chi connectivity index (χ0) is 56.8. The zero-order valence-electron chi connectivity index (χ0n) is 48.5. The number of fused-ring (bicyclic) bond motifs is 8. The molecule has 15 aromatic rings. The van der Waals surface area contributed by atoms with Crippen molar-refractivity contribution >= 4 is 65.2 Å². The van der Waals surface area contributed by atoms with E-state index in [0.717, 1.165) is 11.4 Å². The fourth-order valence-electron chi connectivity index (χ4n) is 13.4. The van der Waals surface area contributed by atoms with E-state index in [4.69, 9.17) is 0 Å². The van der Waals surface area contributed by atoms with Crippen molar-refractivity contribution in [3.8, 4) is 78.1 Å². The largest absolute Gasteiger partial charge is 0.309 e. The van der Waals surface area contributed by atoms with Gasteiger partial charge in [0.15, 0.2) is 0 Å². The average Bonchev–Trinajstić information content (AvgIpc) is 1.29. The van der Waals surface area contributed by atoms with Crippen LogP contribution in [0.3, 0.4) is 0 Å². The molecule has 84 heavy (non-hydrogen) atoms. The molecule has 15 rings (SSSR count). The molecule has 0 saturated carbocycles. The van der Waals surface area contributed by atoms with Crippen molar-refractivity contribution in [3.05, 3.63) is 290 Å². The summed E-state index contributed by atoms with van der Waals surface area (Å²) in [7, 11) is 0. The van der Waals surface area contributed by atoms with Crippen molar-refractivity contribution in [2.45, 2.75) is 52.4 Å². The second-order valence-electron chi connectivity index (χ2n) is 24.8. The van der Waals surface area contributed by atoms with E-state index in [0.29, 0.717) is 0 Å². The molecule has 0 saturated heterocycles. The number of nitrogens with zero attached hydrogens (tertiary/aromatic N) is 2. The fraction of sp³-hybridized carbons (Fsp3) is 0.0976. The van der Waals surface area contributed by atoms with Gasteiger partial charge < -0.3 is 9.13 Å². The van der Waals surface area contributed by atoms with Crippen LogP contribution < -0.4 is 0 Å². The molecule has 0 radical (unpaired) electrons. The smallest absolute Gasteiger partial charge is 0.0541 e. The number of para-hydroxylation sites is 4. The third-order valence-corrected chi connectivity index (χ3v) is 17.7. The third kappa shape index (κ3) is 8.55. The molecule has 0 N–H and O–H groups in total. The molecule has 2 heteroatoms. The first-order valence-corrected chi connectivity index (χ1v) is 29.6. The van der Waals surface area contributed by atoms with Gasteiger partial charge in [-0.3, -0.25) is 0 Å². The quantitative estimate of drug-likeness (QED) is 0.134. The molecule has 402 valence electrons. The van der Waals surface area contributed by atoms with Gasteiger partial charge in [-0.05, 0) is 159 Å². The summed E-state index contributed by atoms with van der Waals surface area (Å²) in [5.41, 5.74) is 24.3. The van der Waals surface area contributed by atoms with Crippen LogP contribution in [0.2, 0.25) is 0 Å². The summed E-state index contributed by atoms with van der Waals surface area (Å²) in [5.74, 6) is 0. The van der Waals surface area contributed by atoms with Gasteiger partial charge in [-0.15, -0.1) is 0 Å². The van der Waals surface area contributed by atoms with Crippen LogP contribution >= 0.6 is 0 Å². The number of hydrogen-bond acceptors (Lipinski definition) is 0. The Balaban J connectivity index is 0.873. The molecule has 0 spiro atoms. The van der Waals surface area contributed by atoms with Gasteiger partial charge in [0.2, 0.25) is 0 Å². The van der Waals surface area contributed by atoms with E-state index in [9.17, 15) is 0 Å². The van der Waals surface area contributed by atoms with Crippen LogP contribution in [-0.4, -0.2) is 9.13 Å². The molecular formula is C82H64N2. The Morgan fingerprint density at radius 2 is 0.464 bits per heavy atom. The summed E-state index contributed by atoms with van der Waals surface area (Å²) < 4.78 is 4.77. The lowest BCUT2D eigenvalue weighted by Gasteiger charge is -2.24. The Morgan fingerprint density at radius 1 is 0.214 bits per heavy atom. The standard InChI is InChI=1S/C82H64N2/c1-81(2,3)61-45-37-59(38-46-61)77-71-23-15-22-66(58-35-31-54(32-36-58)56-43-51-64(52-44-56)84-75-27-13-9-19-69(75)70-20-10-14-28-76(70)84)80(71)78(60-39-47-62(48-40-60)82(4,5)6)72-24-16-21-65(79(72)77)57-33-29-53(30-34-57)55-41-49-63(50-42-55)83-73-25-11-7-17-67(73)68-18-8-12-26-74(68)83/h7-52H,1-6H3. The van der Waals surface area contributed by atoms with Crippen LogP contribution in [0.4, 0.5) is 0 Å². The molecule has 2 aromatic heterocycles. The van der Waals surface area contributed by atoms with Crippen LogP contribution in [0, 0.1) is 0 Å². The summed E-state index contributed by atoms with van der Waals surface area (Å²) in [5, 5.41) is 10.0. The van der Waals surface area contributed by atoms with Gasteiger partial charge in [0, 0.05) is 32.9 Å². The number of aromatic nitrogens is 2. The first kappa shape index (κ1) is 50.9. The summed E-state index contributed by atoms with van der Waals surface area (Å²) in [6.45, 7) is 13.8. The SMILES string of the molecule is CC(C)(C)c1ccc(-c2c3cccc(-c4ccc(-c5ccc(-n6c7ccccc7c7ccccc76)cc5)cc4)c3c(-c3ccc(C(C)(C)C)cc3)c3cccc(-c4ccc(-c5ccc(-n6c7ccccc7c7ccccc76)cc5)cc4)c23)cc1. The maximum Gasteiger partial charge on any atom is 0.0541 e. The van der Waals surface area contributed by atoms with Crippen molar-refractivity contribution in [1.82, 2.24) is 9.13 Å². The highest BCUT2D eigenvalue weighted by Gasteiger charge is 2.25. The third-order valence-electron chi connectivity index (χ3n) is 17.7. The Kier molecular flexibility index (Phi) is 12.0. The van der Waals surface area contributed by atoms with Crippen LogP contribution in [0.1, 0.15) is 52.7 Å². The topological polar surface area (TPSA) is 9.86 Å². The molecule has 0 aliphatic carbocycles. The first-order chi connectivity index (χ1) is 40.9. The fourth-order valence-corrected chi connectivity index (χ4v) is 13.4. The van der Waals surface area contributed by atoms with E-state index in [-0.39, 0.29) is 10.8 Å². The van der Waals surface area contributed by atoms with Gasteiger partial charge in [0.05, 0.1) is 22.1 Å². The van der Waals surface area contributed by atoms with Gasteiger partial charge in [-0.2, -0.15) is 0 Å². The van der Waals surface area contributed by atoms with Crippen LogP contribution in [-0.2, 0) is 10.8 Å². The molecular weight excluding hydrogens is 1010 g/mol. The molecule has 0 aliphatic rings. The first-order valence-electron chi connectivity index (χ1n) is 29.6. The highest BCUT2D eigenvalue weighted by molar-refractivity contribution is 6.27. The highest BCUT2D eigenvalue weighted by Crippen LogP contribution is 2.50. The predicted octanol–water partition coefficient (Wildman–Crippen LogP) is 22.8. The zero-order valence-corrected chi connectivity index (χ0v) is 48.5. The molecule has 0 amide bonds. The van der Waals surface area contributed by atoms with E-state index in [1.807, 2.05) is 0 Å². The Hall–Kier alpha value is -10.0. The van der Waals surface area contributed by atoms with Crippen LogP contribution in [0.5, 0.6) is 0 Å². The van der Waals surface area contributed by atoms with Crippen molar-refractivity contribution < 1.29 is 0 Å². The van der Waals surface area contributed by atoms with Gasteiger partial charge in [-0.25, -0.2) is 0 Å². The number of hydrogen-bond donors (Lipinski definition) is 0. The Morgan fingerprint density at radius 3 is 0.762 bits per heavy atom. The number of benzene rings is 13. The minimum Gasteiger partial charge on any atom is -0.309 e. The maximum atomic E-state index is 2.39. The lowest BCUT2D eigenvalue weighted by Crippen LogP contribution is -2.10. The minimum atomic E-state index is 0.0116. The number of rotatable bonds is 8. The highest BCUT2D eigenvalue weighted by atomic mass is 15.0. The van der Waals surface area contributed by atoms with Crippen molar-refractivity contribution in [2.75, 3.05) is 0 Å². The summed E-state index contributed by atoms with van der Waals surface area (Å²) >= 11 is 0. The van der Waals surface area contributed by atoms with Gasteiger partial charge in [0.1, 0.15) is 0 Å². The predicted molar refractivity (Wildman–Crippen MR) is 360 cm³/mol. The van der Waals surface area contributed by atoms with Crippen molar-refractivity contribution in [3.63, 3.8) is 0 Å². The average molecular weight is 1080 g/mol. The van der Waals surface area contributed by atoms with Gasteiger partial charge in [0.25, 0.3) is 0 Å². The lowest BCUT2D eigenvalue weighted by molar-refractivity contribution is 0.590. The van der Waals surface area contributed by atoms with Crippen molar-refractivity contribution in [1.29, 1.82) is 0 Å². The second kappa shape index (κ2) is 19.9. The van der Waals surface area contributed by atoms with E-state index in [2.05, 4.69) is 330 Å². The van der Waals surface area contributed by atoms with E-state index >= 15 is 0 Å².